The lowest BCUT2D eigenvalue weighted by molar-refractivity contribution is 0.0742. The van der Waals surface area contributed by atoms with Crippen LogP contribution in [0.5, 0.6) is 0 Å². The molecule has 180 valence electrons. The zero-order valence-corrected chi connectivity index (χ0v) is 21.7. The van der Waals surface area contributed by atoms with E-state index in [0.29, 0.717) is 11.6 Å². The van der Waals surface area contributed by atoms with Gasteiger partial charge in [0.25, 0.3) is 5.91 Å². The fourth-order valence-corrected chi connectivity index (χ4v) is 4.19. The van der Waals surface area contributed by atoms with Gasteiger partial charge in [-0.25, -0.2) is 4.68 Å². The van der Waals surface area contributed by atoms with Crippen molar-refractivity contribution in [1.29, 1.82) is 0 Å². The van der Waals surface area contributed by atoms with E-state index in [0.717, 1.165) is 68.6 Å². The Morgan fingerprint density at radius 1 is 1.06 bits per heavy atom. The van der Waals surface area contributed by atoms with Gasteiger partial charge < -0.3 is 4.90 Å². The maximum absolute atomic E-state index is 13.4. The highest BCUT2D eigenvalue weighted by Crippen LogP contribution is 2.25. The van der Waals surface area contributed by atoms with Crippen molar-refractivity contribution >= 4 is 11.6 Å². The van der Waals surface area contributed by atoms with Crippen molar-refractivity contribution in [2.75, 3.05) is 13.1 Å². The Kier molecular flexibility index (Phi) is 10.6. The van der Waals surface area contributed by atoms with Gasteiger partial charge in [-0.15, -0.1) is 0 Å². The van der Waals surface area contributed by atoms with Gasteiger partial charge in [0, 0.05) is 24.3 Å². The molecule has 0 spiro atoms. The molecular formula is C29H43N3O. The molecule has 0 N–H and O–H groups in total. The molecule has 33 heavy (non-hydrogen) atoms. The lowest BCUT2D eigenvalue weighted by Gasteiger charge is -2.22. The molecule has 1 aromatic heterocycles. The molecule has 0 atom stereocenters. The van der Waals surface area contributed by atoms with Crippen molar-refractivity contribution in [1.82, 2.24) is 14.7 Å². The minimum atomic E-state index is 0.0298. The Morgan fingerprint density at radius 2 is 1.79 bits per heavy atom. The van der Waals surface area contributed by atoms with Crippen molar-refractivity contribution in [2.24, 2.45) is 5.92 Å². The van der Waals surface area contributed by atoms with Crippen LogP contribution in [-0.2, 0) is 19.3 Å². The predicted molar refractivity (Wildman–Crippen MR) is 141 cm³/mol. The molecule has 0 bridgehead atoms. The van der Waals surface area contributed by atoms with E-state index in [9.17, 15) is 4.79 Å². The summed E-state index contributed by atoms with van der Waals surface area (Å²) in [5.41, 5.74) is 6.40. The van der Waals surface area contributed by atoms with Crippen molar-refractivity contribution in [3.63, 3.8) is 0 Å². The number of benzene rings is 1. The van der Waals surface area contributed by atoms with E-state index in [1.165, 1.54) is 11.1 Å². The topological polar surface area (TPSA) is 38.1 Å². The van der Waals surface area contributed by atoms with E-state index < -0.39 is 0 Å². The number of rotatable bonds is 13. The molecule has 0 radical (unpaired) electrons. The van der Waals surface area contributed by atoms with Crippen LogP contribution in [-0.4, -0.2) is 33.7 Å². The van der Waals surface area contributed by atoms with Gasteiger partial charge in [-0.2, -0.15) is 5.10 Å². The molecule has 4 heteroatoms. The molecule has 0 aliphatic carbocycles. The zero-order valence-electron chi connectivity index (χ0n) is 21.7. The second-order valence-electron chi connectivity index (χ2n) is 9.14. The SMILES string of the molecule is C=C/C=C(/c1ccc(CC)c(CC)c1)n1nc(C(=O)N(CCC)CCC(C)C)cc1CCC. The summed E-state index contributed by atoms with van der Waals surface area (Å²) in [5, 5.41) is 4.86. The molecule has 4 nitrogen and oxygen atoms in total. The summed E-state index contributed by atoms with van der Waals surface area (Å²) in [6.45, 7) is 18.5. The second-order valence-corrected chi connectivity index (χ2v) is 9.14. The van der Waals surface area contributed by atoms with E-state index in [4.69, 9.17) is 5.10 Å². The van der Waals surface area contributed by atoms with Gasteiger partial charge in [0.1, 0.15) is 0 Å². The summed E-state index contributed by atoms with van der Waals surface area (Å²) in [7, 11) is 0. The molecular weight excluding hydrogens is 406 g/mol. The monoisotopic (exact) mass is 449 g/mol. The molecule has 2 rings (SSSR count). The Morgan fingerprint density at radius 3 is 2.36 bits per heavy atom. The van der Waals surface area contributed by atoms with Crippen LogP contribution in [0.15, 0.2) is 43.0 Å². The predicted octanol–water partition coefficient (Wildman–Crippen LogP) is 6.93. The normalized spacial score (nSPS) is 11.8. The lowest BCUT2D eigenvalue weighted by Crippen LogP contribution is -2.33. The first kappa shape index (κ1) is 26.6. The minimum absolute atomic E-state index is 0.0298. The first-order chi connectivity index (χ1) is 15.9. The zero-order chi connectivity index (χ0) is 24.4. The highest BCUT2D eigenvalue weighted by atomic mass is 16.2. The van der Waals surface area contributed by atoms with E-state index in [1.54, 1.807) is 6.08 Å². The minimum Gasteiger partial charge on any atom is -0.337 e. The van der Waals surface area contributed by atoms with Crippen LogP contribution < -0.4 is 0 Å². The van der Waals surface area contributed by atoms with Crippen LogP contribution >= 0.6 is 0 Å². The van der Waals surface area contributed by atoms with Gasteiger partial charge in [0.2, 0.25) is 0 Å². The molecule has 1 aromatic carbocycles. The molecule has 2 aromatic rings. The maximum Gasteiger partial charge on any atom is 0.274 e. The molecule has 0 saturated carbocycles. The van der Waals surface area contributed by atoms with Gasteiger partial charge in [0.15, 0.2) is 5.69 Å². The first-order valence-corrected chi connectivity index (χ1v) is 12.7. The maximum atomic E-state index is 13.4. The van der Waals surface area contributed by atoms with Gasteiger partial charge in [0.05, 0.1) is 5.70 Å². The molecule has 0 aliphatic rings. The smallest absolute Gasteiger partial charge is 0.274 e. The van der Waals surface area contributed by atoms with E-state index in [2.05, 4.69) is 66.3 Å². The number of allylic oxidation sites excluding steroid dienone is 2. The number of hydrogen-bond acceptors (Lipinski definition) is 2. The van der Waals surface area contributed by atoms with Crippen LogP contribution in [0.25, 0.3) is 5.70 Å². The standard InChI is InChI=1S/C29H43N3O/c1-8-13-26-21-27(29(33)31(18-10-3)19-17-22(6)7)30-32(26)28(14-9-2)25-16-15-23(11-4)24(12-5)20-25/h9,14-16,20-22H,2,8,10-13,17-19H2,1,3-7H3/b28-14-. The van der Waals surface area contributed by atoms with Crippen LogP contribution in [0, 0.1) is 5.92 Å². The van der Waals surface area contributed by atoms with Crippen molar-refractivity contribution < 1.29 is 4.79 Å². The quantitative estimate of drug-likeness (QED) is 0.311. The van der Waals surface area contributed by atoms with Gasteiger partial charge in [-0.1, -0.05) is 72.8 Å². The Balaban J connectivity index is 2.52. The number of nitrogens with zero attached hydrogens (tertiary/aromatic N) is 3. The molecule has 0 aliphatic heterocycles. The molecule has 1 amide bonds. The average Bonchev–Trinajstić information content (AvgIpc) is 3.22. The van der Waals surface area contributed by atoms with Gasteiger partial charge >= 0.3 is 0 Å². The second kappa shape index (κ2) is 13.2. The summed E-state index contributed by atoms with van der Waals surface area (Å²) in [4.78, 5) is 15.4. The highest BCUT2D eigenvalue weighted by molar-refractivity contribution is 5.92. The Bertz CT molecular complexity index is 952. The Hall–Kier alpha value is -2.62. The number of carbonyl (C=O) groups excluding carboxylic acids is 1. The van der Waals surface area contributed by atoms with Gasteiger partial charge in [-0.05, 0) is 67.4 Å². The third kappa shape index (κ3) is 6.93. The molecule has 0 unspecified atom stereocenters. The summed E-state index contributed by atoms with van der Waals surface area (Å²) < 4.78 is 1.96. The number of carbonyl (C=O) groups is 1. The average molecular weight is 450 g/mol. The van der Waals surface area contributed by atoms with E-state index in [-0.39, 0.29) is 5.91 Å². The van der Waals surface area contributed by atoms with Crippen molar-refractivity contribution in [2.45, 2.75) is 80.1 Å². The fourth-order valence-electron chi connectivity index (χ4n) is 4.19. The number of amides is 1. The first-order valence-electron chi connectivity index (χ1n) is 12.7. The summed E-state index contributed by atoms with van der Waals surface area (Å²) in [6, 6.07) is 8.63. The van der Waals surface area contributed by atoms with Crippen molar-refractivity contribution in [3.8, 4) is 0 Å². The summed E-state index contributed by atoms with van der Waals surface area (Å²) >= 11 is 0. The summed E-state index contributed by atoms with van der Waals surface area (Å²) in [6.07, 6.45) is 9.61. The fraction of sp³-hybridized carbons (Fsp3) is 0.517. The van der Waals surface area contributed by atoms with Crippen LogP contribution in [0.4, 0.5) is 0 Å². The number of aromatic nitrogens is 2. The Labute approximate surface area is 201 Å². The number of aryl methyl sites for hydroxylation is 3. The lowest BCUT2D eigenvalue weighted by atomic mass is 9.98. The third-order valence-electron chi connectivity index (χ3n) is 6.03. The third-order valence-corrected chi connectivity index (χ3v) is 6.03. The highest BCUT2D eigenvalue weighted by Gasteiger charge is 2.22. The van der Waals surface area contributed by atoms with E-state index in [1.807, 2.05) is 21.7 Å². The van der Waals surface area contributed by atoms with Crippen LogP contribution in [0.2, 0.25) is 0 Å². The van der Waals surface area contributed by atoms with Crippen molar-refractivity contribution in [3.05, 3.63) is 71.1 Å². The largest absolute Gasteiger partial charge is 0.337 e. The molecule has 0 fully saturated rings. The van der Waals surface area contributed by atoms with Gasteiger partial charge in [-0.3, -0.25) is 4.79 Å². The van der Waals surface area contributed by atoms with Crippen LogP contribution in [0.1, 0.15) is 93.7 Å². The molecule has 1 heterocycles. The molecule has 0 saturated heterocycles. The van der Waals surface area contributed by atoms with E-state index >= 15 is 0 Å². The summed E-state index contributed by atoms with van der Waals surface area (Å²) in [5.74, 6) is 0.591. The number of hydrogen-bond donors (Lipinski definition) is 0. The van der Waals surface area contributed by atoms with Crippen LogP contribution in [0.3, 0.4) is 0 Å².